The maximum atomic E-state index is 13.6. The molecule has 6 heteroatoms. The normalized spacial score (nSPS) is 28.7. The number of carbonyl (C=O) groups is 1. The molecule has 1 saturated carbocycles. The standard InChI is InChI=1S/C31H39N3O3/c1-22-7-10-26(35)19-27(22)30-12-16-32(29(36)21-34-15-11-25-5-3-4-6-28(25)34)18-14-31(30,37)23(2)33(17-13-30)20-24-8-9-24/h3-7,10-11,15,19,23-24,35,37H,8-9,12-14,16-18,20-21H2,1-2H3. The first kappa shape index (κ1) is 24.5. The molecule has 3 aliphatic rings. The summed E-state index contributed by atoms with van der Waals surface area (Å²) >= 11 is 0. The molecule has 3 fully saturated rings. The number of hydrogen-bond acceptors (Lipinski definition) is 4. The smallest absolute Gasteiger partial charge is 0.242 e. The number of benzene rings is 2. The number of piperidine rings is 1. The zero-order valence-electron chi connectivity index (χ0n) is 22.1. The average Bonchev–Trinajstić information content (AvgIpc) is 3.65. The first-order chi connectivity index (χ1) is 17.8. The number of amides is 1. The number of nitrogens with zero attached hydrogens (tertiary/aromatic N) is 3. The topological polar surface area (TPSA) is 68.9 Å². The maximum Gasteiger partial charge on any atom is 0.242 e. The highest BCUT2D eigenvalue weighted by molar-refractivity contribution is 5.83. The molecule has 1 amide bonds. The van der Waals surface area contributed by atoms with Crippen molar-refractivity contribution in [1.29, 1.82) is 0 Å². The number of fused-ring (bicyclic) bond motifs is 2. The lowest BCUT2D eigenvalue weighted by atomic mass is 9.57. The van der Waals surface area contributed by atoms with Crippen LogP contribution in [0, 0.1) is 12.8 Å². The summed E-state index contributed by atoms with van der Waals surface area (Å²) in [6, 6.07) is 15.7. The molecular formula is C31H39N3O3. The number of aliphatic hydroxyl groups is 1. The van der Waals surface area contributed by atoms with E-state index in [0.29, 0.717) is 32.5 Å². The van der Waals surface area contributed by atoms with E-state index >= 15 is 0 Å². The largest absolute Gasteiger partial charge is 0.508 e. The summed E-state index contributed by atoms with van der Waals surface area (Å²) in [6.45, 7) is 7.67. The third-order valence-electron chi connectivity index (χ3n) is 9.73. The number of likely N-dealkylation sites (tertiary alicyclic amines) is 2. The Morgan fingerprint density at radius 2 is 1.78 bits per heavy atom. The highest BCUT2D eigenvalue weighted by Crippen LogP contribution is 2.53. The zero-order chi connectivity index (χ0) is 25.8. The number of hydrogen-bond donors (Lipinski definition) is 2. The molecule has 2 saturated heterocycles. The van der Waals surface area contributed by atoms with Gasteiger partial charge in [0.15, 0.2) is 0 Å². The molecule has 1 aliphatic carbocycles. The van der Waals surface area contributed by atoms with E-state index in [9.17, 15) is 15.0 Å². The molecule has 2 aliphatic heterocycles. The number of phenolic OH excluding ortho intramolecular Hbond substituents is 1. The summed E-state index contributed by atoms with van der Waals surface area (Å²) < 4.78 is 2.03. The minimum Gasteiger partial charge on any atom is -0.508 e. The lowest BCUT2D eigenvalue weighted by Crippen LogP contribution is -2.68. The van der Waals surface area contributed by atoms with Crippen LogP contribution in [0.15, 0.2) is 54.7 Å². The van der Waals surface area contributed by atoms with E-state index in [1.165, 1.54) is 12.8 Å². The number of aromatic hydroxyl groups is 1. The molecule has 2 aromatic carbocycles. The predicted octanol–water partition coefficient (Wildman–Crippen LogP) is 4.45. The molecule has 3 atom stereocenters. The van der Waals surface area contributed by atoms with E-state index in [1.54, 1.807) is 6.07 Å². The Bertz CT molecular complexity index is 1310. The quantitative estimate of drug-likeness (QED) is 0.542. The van der Waals surface area contributed by atoms with Gasteiger partial charge in [0.2, 0.25) is 5.91 Å². The van der Waals surface area contributed by atoms with Crippen molar-refractivity contribution in [3.05, 3.63) is 65.9 Å². The van der Waals surface area contributed by atoms with Crippen LogP contribution in [0.2, 0.25) is 0 Å². The number of para-hydroxylation sites is 1. The number of carbonyl (C=O) groups excluding carboxylic acids is 1. The molecule has 2 N–H and O–H groups in total. The molecule has 3 heterocycles. The fourth-order valence-corrected chi connectivity index (χ4v) is 7.26. The number of aromatic nitrogens is 1. The van der Waals surface area contributed by atoms with E-state index in [0.717, 1.165) is 47.5 Å². The van der Waals surface area contributed by atoms with Crippen molar-refractivity contribution < 1.29 is 15.0 Å². The minimum absolute atomic E-state index is 0.0213. The van der Waals surface area contributed by atoms with E-state index in [2.05, 4.69) is 36.9 Å². The van der Waals surface area contributed by atoms with Crippen LogP contribution < -0.4 is 0 Å². The van der Waals surface area contributed by atoms with E-state index in [1.807, 2.05) is 39.9 Å². The molecule has 6 nitrogen and oxygen atoms in total. The fraction of sp³-hybridized carbons (Fsp3) is 0.516. The van der Waals surface area contributed by atoms with Gasteiger partial charge >= 0.3 is 0 Å². The van der Waals surface area contributed by atoms with Gasteiger partial charge in [0.1, 0.15) is 12.3 Å². The van der Waals surface area contributed by atoms with Gasteiger partial charge < -0.3 is 19.7 Å². The van der Waals surface area contributed by atoms with Crippen molar-refractivity contribution >= 4 is 16.8 Å². The second-order valence-corrected chi connectivity index (χ2v) is 11.8. The predicted molar refractivity (Wildman–Crippen MR) is 146 cm³/mol. The number of phenols is 1. The van der Waals surface area contributed by atoms with Crippen molar-refractivity contribution in [3.8, 4) is 5.75 Å². The third kappa shape index (κ3) is 4.15. The zero-order valence-corrected chi connectivity index (χ0v) is 22.1. The van der Waals surface area contributed by atoms with E-state index < -0.39 is 11.0 Å². The Morgan fingerprint density at radius 1 is 1.03 bits per heavy atom. The highest BCUT2D eigenvalue weighted by atomic mass is 16.3. The Labute approximate surface area is 219 Å². The van der Waals surface area contributed by atoms with Gasteiger partial charge in [-0.15, -0.1) is 0 Å². The lowest BCUT2D eigenvalue weighted by Gasteiger charge is -2.57. The monoisotopic (exact) mass is 501 g/mol. The molecule has 1 aromatic heterocycles. The minimum atomic E-state index is -0.992. The average molecular weight is 502 g/mol. The molecular weight excluding hydrogens is 462 g/mol. The first-order valence-corrected chi connectivity index (χ1v) is 13.9. The SMILES string of the molecule is Cc1ccc(O)cc1C12CCN(C(=O)Cn3ccc4ccccc43)CCC1(O)C(C)N(CC1CC1)CC2. The van der Waals surface area contributed by atoms with Gasteiger partial charge in [-0.05, 0) is 99.2 Å². The summed E-state index contributed by atoms with van der Waals surface area (Å²) in [7, 11) is 0. The second-order valence-electron chi connectivity index (χ2n) is 11.8. The Hall–Kier alpha value is -2.83. The van der Waals surface area contributed by atoms with Gasteiger partial charge in [0, 0.05) is 42.8 Å². The Morgan fingerprint density at radius 3 is 2.59 bits per heavy atom. The van der Waals surface area contributed by atoms with Crippen molar-refractivity contribution in [2.45, 2.75) is 69.6 Å². The van der Waals surface area contributed by atoms with Gasteiger partial charge in [0.25, 0.3) is 0 Å². The molecule has 0 spiro atoms. The van der Waals surface area contributed by atoms with Crippen molar-refractivity contribution in [1.82, 2.24) is 14.4 Å². The molecule has 0 bridgehead atoms. The molecule has 3 aromatic rings. The van der Waals surface area contributed by atoms with Crippen LogP contribution >= 0.6 is 0 Å². The van der Waals surface area contributed by atoms with E-state index in [-0.39, 0.29) is 17.7 Å². The summed E-state index contributed by atoms with van der Waals surface area (Å²) in [5.74, 6) is 1.08. The Kier molecular flexibility index (Phi) is 6.08. The summed E-state index contributed by atoms with van der Waals surface area (Å²) in [5, 5.41) is 24.3. The Balaban J connectivity index is 1.32. The van der Waals surface area contributed by atoms with Crippen LogP contribution in [-0.4, -0.2) is 68.3 Å². The van der Waals surface area contributed by atoms with Gasteiger partial charge in [-0.3, -0.25) is 9.69 Å². The second kappa shape index (κ2) is 9.17. The van der Waals surface area contributed by atoms with Gasteiger partial charge in [0.05, 0.1) is 5.60 Å². The van der Waals surface area contributed by atoms with Crippen LogP contribution in [-0.2, 0) is 16.8 Å². The summed E-state index contributed by atoms with van der Waals surface area (Å²) in [4.78, 5) is 18.1. The van der Waals surface area contributed by atoms with Crippen molar-refractivity contribution in [3.63, 3.8) is 0 Å². The molecule has 6 rings (SSSR count). The molecule has 37 heavy (non-hydrogen) atoms. The van der Waals surface area contributed by atoms with Crippen molar-refractivity contribution in [2.24, 2.45) is 5.92 Å². The summed E-state index contributed by atoms with van der Waals surface area (Å²) in [6.07, 6.45) is 6.61. The fourth-order valence-electron chi connectivity index (χ4n) is 7.26. The molecule has 0 radical (unpaired) electrons. The van der Waals surface area contributed by atoms with Crippen LogP contribution in [0.5, 0.6) is 5.75 Å². The summed E-state index contributed by atoms with van der Waals surface area (Å²) in [5.41, 5.74) is 1.70. The highest BCUT2D eigenvalue weighted by Gasteiger charge is 2.59. The van der Waals surface area contributed by atoms with Crippen LogP contribution in [0.3, 0.4) is 0 Å². The van der Waals surface area contributed by atoms with Crippen LogP contribution in [0.4, 0.5) is 0 Å². The number of aryl methyl sites for hydroxylation is 1. The molecule has 3 unspecified atom stereocenters. The van der Waals surface area contributed by atoms with Gasteiger partial charge in [-0.2, -0.15) is 0 Å². The van der Waals surface area contributed by atoms with Crippen LogP contribution in [0.25, 0.3) is 10.9 Å². The van der Waals surface area contributed by atoms with Gasteiger partial charge in [-0.25, -0.2) is 0 Å². The first-order valence-electron chi connectivity index (χ1n) is 13.9. The van der Waals surface area contributed by atoms with Gasteiger partial charge in [-0.1, -0.05) is 24.3 Å². The van der Waals surface area contributed by atoms with Crippen LogP contribution in [0.1, 0.15) is 50.2 Å². The molecule has 196 valence electrons. The third-order valence-corrected chi connectivity index (χ3v) is 9.73. The van der Waals surface area contributed by atoms with E-state index in [4.69, 9.17) is 0 Å². The lowest BCUT2D eigenvalue weighted by molar-refractivity contribution is -0.137. The maximum absolute atomic E-state index is 13.6. The van der Waals surface area contributed by atoms with Crippen molar-refractivity contribution in [2.75, 3.05) is 26.2 Å². The number of rotatable bonds is 5.